The number of ether oxygens (including phenoxy) is 1. The average molecular weight is 496 g/mol. The van der Waals surface area contributed by atoms with Crippen LogP contribution in [0.15, 0.2) is 59.0 Å². The van der Waals surface area contributed by atoms with Crippen molar-refractivity contribution in [3.8, 4) is 5.75 Å². The molecular formula is C27H27ClFN3O3. The van der Waals surface area contributed by atoms with Crippen LogP contribution in [-0.2, 0) is 13.2 Å². The minimum Gasteiger partial charge on any atom is -0.486 e. The Balaban J connectivity index is 1.40. The lowest BCUT2D eigenvalue weighted by atomic mass is 10.0. The molecule has 0 aliphatic rings. The van der Waals surface area contributed by atoms with Crippen LogP contribution in [-0.4, -0.2) is 15.7 Å². The quantitative estimate of drug-likeness (QED) is 0.289. The van der Waals surface area contributed by atoms with E-state index in [-0.39, 0.29) is 18.3 Å². The van der Waals surface area contributed by atoms with E-state index in [0.717, 1.165) is 17.0 Å². The second-order valence-electron chi connectivity index (χ2n) is 8.67. The van der Waals surface area contributed by atoms with Gasteiger partial charge < -0.3 is 14.5 Å². The molecular weight excluding hydrogens is 469 g/mol. The van der Waals surface area contributed by atoms with Crippen LogP contribution in [0.3, 0.4) is 0 Å². The number of hydrogen-bond donors (Lipinski definition) is 1. The van der Waals surface area contributed by atoms with E-state index in [9.17, 15) is 9.18 Å². The summed E-state index contributed by atoms with van der Waals surface area (Å²) in [7, 11) is 0. The number of nitrogens with one attached hydrogen (secondary N) is 1. The molecule has 0 aliphatic heterocycles. The standard InChI is InChI=1S/C27H27ClFN3O3/c1-16(2)19-6-9-22(10-7-19)34-15-23-11-12-25(35-23)27(33)30-26-17(3)31-32(18(26)4)14-20-5-8-21(29)13-24(20)28/h5-13,16H,14-15H2,1-4H3,(H,30,33). The number of furan rings is 1. The molecule has 4 rings (SSSR count). The number of benzene rings is 2. The van der Waals surface area contributed by atoms with Gasteiger partial charge in [-0.1, -0.05) is 43.6 Å². The van der Waals surface area contributed by atoms with Gasteiger partial charge in [0.05, 0.1) is 23.6 Å². The van der Waals surface area contributed by atoms with Crippen molar-refractivity contribution in [1.29, 1.82) is 0 Å². The number of carbonyl (C=O) groups is 1. The zero-order valence-corrected chi connectivity index (χ0v) is 20.8. The summed E-state index contributed by atoms with van der Waals surface area (Å²) in [5.41, 5.74) is 3.95. The van der Waals surface area contributed by atoms with Crippen LogP contribution < -0.4 is 10.1 Å². The van der Waals surface area contributed by atoms with Gasteiger partial charge in [-0.15, -0.1) is 0 Å². The summed E-state index contributed by atoms with van der Waals surface area (Å²) in [4.78, 5) is 12.8. The van der Waals surface area contributed by atoms with Crippen LogP contribution in [0.4, 0.5) is 10.1 Å². The first kappa shape index (κ1) is 24.5. The minimum atomic E-state index is -0.396. The smallest absolute Gasteiger partial charge is 0.291 e. The fraction of sp³-hybridized carbons (Fsp3) is 0.259. The zero-order chi connectivity index (χ0) is 25.1. The third kappa shape index (κ3) is 5.74. The summed E-state index contributed by atoms with van der Waals surface area (Å²) >= 11 is 6.16. The Morgan fingerprint density at radius 3 is 2.57 bits per heavy atom. The number of amides is 1. The highest BCUT2D eigenvalue weighted by Crippen LogP contribution is 2.25. The molecule has 0 radical (unpaired) electrons. The van der Waals surface area contributed by atoms with E-state index in [1.807, 2.05) is 31.2 Å². The lowest BCUT2D eigenvalue weighted by Crippen LogP contribution is -2.12. The molecule has 0 bridgehead atoms. The molecule has 182 valence electrons. The summed E-state index contributed by atoms with van der Waals surface area (Å²) in [6.45, 7) is 8.49. The molecule has 1 amide bonds. The SMILES string of the molecule is Cc1nn(Cc2ccc(F)cc2Cl)c(C)c1NC(=O)c1ccc(COc2ccc(C(C)C)cc2)o1. The maximum Gasteiger partial charge on any atom is 0.291 e. The van der Waals surface area contributed by atoms with Gasteiger partial charge in [0, 0.05) is 5.02 Å². The highest BCUT2D eigenvalue weighted by molar-refractivity contribution is 6.31. The lowest BCUT2D eigenvalue weighted by Gasteiger charge is -2.08. The Morgan fingerprint density at radius 2 is 1.89 bits per heavy atom. The summed E-state index contributed by atoms with van der Waals surface area (Å²) < 4.78 is 26.5. The van der Waals surface area contributed by atoms with Crippen molar-refractivity contribution in [2.75, 3.05) is 5.32 Å². The van der Waals surface area contributed by atoms with Crippen molar-refractivity contribution < 1.29 is 18.3 Å². The summed E-state index contributed by atoms with van der Waals surface area (Å²) in [5.74, 6) is 1.12. The molecule has 0 aliphatic carbocycles. The second kappa shape index (κ2) is 10.4. The molecule has 1 N–H and O–H groups in total. The third-order valence-corrected chi connectivity index (χ3v) is 6.12. The fourth-order valence-corrected chi connectivity index (χ4v) is 3.93. The van der Waals surface area contributed by atoms with Gasteiger partial charge in [0.2, 0.25) is 0 Å². The van der Waals surface area contributed by atoms with Crippen molar-refractivity contribution in [2.45, 2.75) is 46.8 Å². The monoisotopic (exact) mass is 495 g/mol. The minimum absolute atomic E-state index is 0.173. The molecule has 2 heterocycles. The Morgan fingerprint density at radius 1 is 1.14 bits per heavy atom. The molecule has 2 aromatic carbocycles. The normalized spacial score (nSPS) is 11.2. The van der Waals surface area contributed by atoms with Crippen molar-refractivity contribution in [1.82, 2.24) is 9.78 Å². The van der Waals surface area contributed by atoms with Crippen molar-refractivity contribution in [3.05, 3.63) is 99.5 Å². The van der Waals surface area contributed by atoms with Gasteiger partial charge >= 0.3 is 0 Å². The van der Waals surface area contributed by atoms with Gasteiger partial charge in [0.15, 0.2) is 5.76 Å². The lowest BCUT2D eigenvalue weighted by molar-refractivity contribution is 0.0992. The number of aryl methyl sites for hydroxylation is 1. The predicted molar refractivity (Wildman–Crippen MR) is 134 cm³/mol. The highest BCUT2D eigenvalue weighted by Gasteiger charge is 2.18. The molecule has 35 heavy (non-hydrogen) atoms. The van der Waals surface area contributed by atoms with E-state index in [1.165, 1.54) is 17.7 Å². The number of carbonyl (C=O) groups excluding carboxylic acids is 1. The topological polar surface area (TPSA) is 69.3 Å². The maximum absolute atomic E-state index is 13.3. The first-order valence-corrected chi connectivity index (χ1v) is 11.7. The Hall–Kier alpha value is -3.58. The fourth-order valence-electron chi connectivity index (χ4n) is 3.70. The van der Waals surface area contributed by atoms with E-state index in [0.29, 0.717) is 34.6 Å². The molecule has 0 saturated carbocycles. The van der Waals surface area contributed by atoms with E-state index >= 15 is 0 Å². The van der Waals surface area contributed by atoms with Gasteiger partial charge in [-0.05, 0) is 67.3 Å². The predicted octanol–water partition coefficient (Wildman–Crippen LogP) is 6.89. The van der Waals surface area contributed by atoms with E-state index < -0.39 is 5.82 Å². The first-order chi connectivity index (χ1) is 16.7. The van der Waals surface area contributed by atoms with Crippen LogP contribution in [0.5, 0.6) is 5.75 Å². The number of nitrogens with zero attached hydrogens (tertiary/aromatic N) is 2. The average Bonchev–Trinajstić information content (AvgIpc) is 3.40. The molecule has 8 heteroatoms. The van der Waals surface area contributed by atoms with Crippen LogP contribution >= 0.6 is 11.6 Å². The second-order valence-corrected chi connectivity index (χ2v) is 9.08. The zero-order valence-electron chi connectivity index (χ0n) is 20.1. The molecule has 0 fully saturated rings. The molecule has 2 aromatic heterocycles. The highest BCUT2D eigenvalue weighted by atomic mass is 35.5. The van der Waals surface area contributed by atoms with Crippen molar-refractivity contribution >= 4 is 23.2 Å². The number of hydrogen-bond acceptors (Lipinski definition) is 4. The summed E-state index contributed by atoms with van der Waals surface area (Å²) in [6.07, 6.45) is 0. The third-order valence-electron chi connectivity index (χ3n) is 5.77. The molecule has 0 unspecified atom stereocenters. The van der Waals surface area contributed by atoms with Crippen LogP contribution in [0.2, 0.25) is 5.02 Å². The summed E-state index contributed by atoms with van der Waals surface area (Å²) in [5, 5.41) is 7.70. The number of anilines is 1. The van der Waals surface area contributed by atoms with Gasteiger partial charge in [-0.25, -0.2) is 4.39 Å². The molecule has 0 saturated heterocycles. The number of aromatic nitrogens is 2. The van der Waals surface area contributed by atoms with Crippen LogP contribution in [0.25, 0.3) is 0 Å². The maximum atomic E-state index is 13.3. The number of halogens is 2. The van der Waals surface area contributed by atoms with Crippen LogP contribution in [0.1, 0.15) is 58.6 Å². The molecule has 0 spiro atoms. The first-order valence-electron chi connectivity index (χ1n) is 11.3. The van der Waals surface area contributed by atoms with Gasteiger partial charge in [-0.2, -0.15) is 5.10 Å². The van der Waals surface area contributed by atoms with Crippen molar-refractivity contribution in [3.63, 3.8) is 0 Å². The van der Waals surface area contributed by atoms with Gasteiger partial charge in [0.25, 0.3) is 5.91 Å². The Bertz CT molecular complexity index is 1340. The van der Waals surface area contributed by atoms with Crippen molar-refractivity contribution in [2.24, 2.45) is 0 Å². The number of rotatable bonds is 8. The molecule has 0 atom stereocenters. The van der Waals surface area contributed by atoms with E-state index in [1.54, 1.807) is 29.8 Å². The Labute approximate surface area is 208 Å². The van der Waals surface area contributed by atoms with Gasteiger partial charge in [-0.3, -0.25) is 9.48 Å². The van der Waals surface area contributed by atoms with E-state index in [4.69, 9.17) is 20.8 Å². The molecule has 6 nitrogen and oxygen atoms in total. The summed E-state index contributed by atoms with van der Waals surface area (Å²) in [6, 6.07) is 15.5. The molecule has 4 aromatic rings. The largest absolute Gasteiger partial charge is 0.486 e. The van der Waals surface area contributed by atoms with Gasteiger partial charge in [0.1, 0.15) is 23.9 Å². The van der Waals surface area contributed by atoms with E-state index in [2.05, 4.69) is 24.3 Å². The Kier molecular flexibility index (Phi) is 7.26. The van der Waals surface area contributed by atoms with Crippen LogP contribution in [0, 0.1) is 19.7 Å².